The molecule has 0 atom stereocenters. The summed E-state index contributed by atoms with van der Waals surface area (Å²) in [4.78, 5) is 20.2. The number of nitrogens with zero attached hydrogens (tertiary/aromatic N) is 2. The highest BCUT2D eigenvalue weighted by Gasteiger charge is 2.06. The summed E-state index contributed by atoms with van der Waals surface area (Å²) in [6, 6.07) is 9.07. The first-order chi connectivity index (χ1) is 9.79. The first-order valence-electron chi connectivity index (χ1n) is 6.28. The van der Waals surface area contributed by atoms with E-state index in [0.29, 0.717) is 18.8 Å². The maximum absolute atomic E-state index is 11.9. The van der Waals surface area contributed by atoms with E-state index < -0.39 is 0 Å². The predicted octanol–water partition coefficient (Wildman–Crippen LogP) is 2.00. The monoisotopic (exact) mass is 268 g/mol. The average molecular weight is 268 g/mol. The van der Waals surface area contributed by atoms with Gasteiger partial charge in [-0.05, 0) is 24.3 Å². The Hall–Kier alpha value is -2.69. The summed E-state index contributed by atoms with van der Waals surface area (Å²) in [5, 5.41) is 5.87. The van der Waals surface area contributed by atoms with Crippen LogP contribution in [-0.4, -0.2) is 22.4 Å². The third kappa shape index (κ3) is 3.91. The molecule has 0 spiro atoms. The minimum Gasteiger partial charge on any atom is -0.380 e. The largest absolute Gasteiger partial charge is 0.380 e. The molecule has 0 aromatic carbocycles. The van der Waals surface area contributed by atoms with Crippen molar-refractivity contribution in [3.8, 4) is 0 Å². The quantitative estimate of drug-likeness (QED) is 0.786. The van der Waals surface area contributed by atoms with Gasteiger partial charge >= 0.3 is 0 Å². The Morgan fingerprint density at radius 3 is 2.80 bits per heavy atom. The van der Waals surface area contributed by atoms with E-state index in [2.05, 4.69) is 27.2 Å². The molecule has 20 heavy (non-hydrogen) atoms. The molecule has 2 rings (SSSR count). The average Bonchev–Trinajstić information content (AvgIpc) is 2.52. The summed E-state index contributed by atoms with van der Waals surface area (Å²) in [5.41, 5.74) is 2.04. The number of pyridine rings is 2. The Balaban J connectivity index is 1.90. The number of nitrogens with one attached hydrogen (secondary N) is 2. The summed E-state index contributed by atoms with van der Waals surface area (Å²) < 4.78 is 0. The van der Waals surface area contributed by atoms with Crippen molar-refractivity contribution < 1.29 is 4.79 Å². The molecule has 5 heteroatoms. The Kier molecular flexibility index (Phi) is 4.83. The Morgan fingerprint density at radius 1 is 1.25 bits per heavy atom. The third-order valence-corrected chi connectivity index (χ3v) is 2.60. The lowest BCUT2D eigenvalue weighted by atomic mass is 10.3. The van der Waals surface area contributed by atoms with E-state index in [9.17, 15) is 4.79 Å². The van der Waals surface area contributed by atoms with Crippen molar-refractivity contribution in [1.29, 1.82) is 0 Å². The maximum Gasteiger partial charge on any atom is 0.270 e. The van der Waals surface area contributed by atoms with Crippen LogP contribution in [0.15, 0.2) is 55.4 Å². The number of amides is 1. The fraction of sp³-hybridized carbons (Fsp3) is 0.133. The van der Waals surface area contributed by atoms with E-state index in [1.165, 1.54) is 0 Å². The SMILES string of the molecule is C=CCNc1ccc(C(=O)NCc2ccccn2)nc1. The van der Waals surface area contributed by atoms with Gasteiger partial charge in [0.05, 0.1) is 24.1 Å². The molecule has 2 aromatic rings. The van der Waals surface area contributed by atoms with Gasteiger partial charge in [-0.1, -0.05) is 12.1 Å². The molecule has 1 amide bonds. The Morgan fingerprint density at radius 2 is 2.15 bits per heavy atom. The first-order valence-corrected chi connectivity index (χ1v) is 6.28. The molecule has 0 aliphatic carbocycles. The number of hydrogen-bond acceptors (Lipinski definition) is 4. The Labute approximate surface area is 117 Å². The predicted molar refractivity (Wildman–Crippen MR) is 78.3 cm³/mol. The molecule has 2 N–H and O–H groups in total. The van der Waals surface area contributed by atoms with Crippen LogP contribution in [0.3, 0.4) is 0 Å². The van der Waals surface area contributed by atoms with E-state index in [1.807, 2.05) is 24.3 Å². The van der Waals surface area contributed by atoms with E-state index in [4.69, 9.17) is 0 Å². The number of hydrogen-bond donors (Lipinski definition) is 2. The zero-order chi connectivity index (χ0) is 14.2. The second kappa shape index (κ2) is 7.04. The fourth-order valence-electron chi connectivity index (χ4n) is 1.59. The van der Waals surface area contributed by atoms with Gasteiger partial charge in [0, 0.05) is 12.7 Å². The summed E-state index contributed by atoms with van der Waals surface area (Å²) in [6.07, 6.45) is 5.08. The van der Waals surface area contributed by atoms with Crippen LogP contribution < -0.4 is 10.6 Å². The molecule has 0 saturated carbocycles. The van der Waals surface area contributed by atoms with E-state index in [-0.39, 0.29) is 5.91 Å². The van der Waals surface area contributed by atoms with Gasteiger partial charge in [0.1, 0.15) is 5.69 Å². The highest BCUT2D eigenvalue weighted by molar-refractivity contribution is 5.92. The van der Waals surface area contributed by atoms with Gasteiger partial charge in [0.25, 0.3) is 5.91 Å². The lowest BCUT2D eigenvalue weighted by molar-refractivity contribution is 0.0945. The van der Waals surface area contributed by atoms with Crippen molar-refractivity contribution in [3.63, 3.8) is 0 Å². The Bertz CT molecular complexity index is 566. The van der Waals surface area contributed by atoms with Gasteiger partial charge < -0.3 is 10.6 Å². The lowest BCUT2D eigenvalue weighted by Crippen LogP contribution is -2.24. The molecule has 2 aromatic heterocycles. The maximum atomic E-state index is 11.9. The highest BCUT2D eigenvalue weighted by atomic mass is 16.1. The van der Waals surface area contributed by atoms with Crippen molar-refractivity contribution in [1.82, 2.24) is 15.3 Å². The van der Waals surface area contributed by atoms with E-state index in [0.717, 1.165) is 11.4 Å². The number of anilines is 1. The molecule has 0 radical (unpaired) electrons. The molecule has 0 unspecified atom stereocenters. The molecule has 0 aliphatic heterocycles. The summed E-state index contributed by atoms with van der Waals surface area (Å²) in [6.45, 7) is 4.67. The normalized spacial score (nSPS) is 9.80. The van der Waals surface area contributed by atoms with Crippen molar-refractivity contribution >= 4 is 11.6 Å². The van der Waals surface area contributed by atoms with Gasteiger partial charge in [-0.25, -0.2) is 4.98 Å². The first kappa shape index (κ1) is 13.7. The molecular weight excluding hydrogens is 252 g/mol. The van der Waals surface area contributed by atoms with Crippen molar-refractivity contribution in [2.45, 2.75) is 6.54 Å². The van der Waals surface area contributed by atoms with Gasteiger partial charge in [0.2, 0.25) is 0 Å². The molecule has 0 saturated heterocycles. The van der Waals surface area contributed by atoms with Gasteiger partial charge in [-0.15, -0.1) is 6.58 Å². The molecule has 5 nitrogen and oxygen atoms in total. The van der Waals surface area contributed by atoms with Crippen LogP contribution in [-0.2, 0) is 6.54 Å². The minimum atomic E-state index is -0.217. The zero-order valence-electron chi connectivity index (χ0n) is 11.0. The second-order valence-electron chi connectivity index (χ2n) is 4.11. The summed E-state index contributed by atoms with van der Waals surface area (Å²) >= 11 is 0. The third-order valence-electron chi connectivity index (χ3n) is 2.60. The van der Waals surface area contributed by atoms with Gasteiger partial charge in [0.15, 0.2) is 0 Å². The smallest absolute Gasteiger partial charge is 0.270 e. The van der Waals surface area contributed by atoms with Crippen LogP contribution in [0.25, 0.3) is 0 Å². The molecule has 0 bridgehead atoms. The lowest BCUT2D eigenvalue weighted by Gasteiger charge is -2.06. The molecule has 0 aliphatic rings. The standard InChI is InChI=1S/C15H16N4O/c1-2-8-16-13-6-7-14(18-10-13)15(20)19-11-12-5-3-4-9-17-12/h2-7,9-10,16H,1,8,11H2,(H,19,20). The number of rotatable bonds is 6. The molecule has 102 valence electrons. The van der Waals surface area contributed by atoms with E-state index >= 15 is 0 Å². The summed E-state index contributed by atoms with van der Waals surface area (Å²) in [7, 11) is 0. The molecular formula is C15H16N4O. The fourth-order valence-corrected chi connectivity index (χ4v) is 1.59. The zero-order valence-corrected chi connectivity index (χ0v) is 11.0. The minimum absolute atomic E-state index is 0.217. The number of aromatic nitrogens is 2. The van der Waals surface area contributed by atoms with Crippen molar-refractivity contribution in [2.24, 2.45) is 0 Å². The van der Waals surface area contributed by atoms with E-state index in [1.54, 1.807) is 24.5 Å². The van der Waals surface area contributed by atoms with Crippen molar-refractivity contribution in [2.75, 3.05) is 11.9 Å². The van der Waals surface area contributed by atoms with Crippen LogP contribution in [0.4, 0.5) is 5.69 Å². The number of carbonyl (C=O) groups excluding carboxylic acids is 1. The van der Waals surface area contributed by atoms with Crippen LogP contribution in [0.1, 0.15) is 16.2 Å². The summed E-state index contributed by atoms with van der Waals surface area (Å²) in [5.74, 6) is -0.217. The van der Waals surface area contributed by atoms with Gasteiger partial charge in [-0.3, -0.25) is 9.78 Å². The molecule has 2 heterocycles. The number of carbonyl (C=O) groups is 1. The van der Waals surface area contributed by atoms with Crippen LogP contribution in [0.5, 0.6) is 0 Å². The van der Waals surface area contributed by atoms with Crippen LogP contribution >= 0.6 is 0 Å². The highest BCUT2D eigenvalue weighted by Crippen LogP contribution is 2.06. The van der Waals surface area contributed by atoms with Crippen LogP contribution in [0, 0.1) is 0 Å². The van der Waals surface area contributed by atoms with Gasteiger partial charge in [-0.2, -0.15) is 0 Å². The van der Waals surface area contributed by atoms with Crippen molar-refractivity contribution in [3.05, 3.63) is 66.8 Å². The topological polar surface area (TPSA) is 66.9 Å². The van der Waals surface area contributed by atoms with Crippen LogP contribution in [0.2, 0.25) is 0 Å². The second-order valence-corrected chi connectivity index (χ2v) is 4.11. The molecule has 0 fully saturated rings.